The van der Waals surface area contributed by atoms with Gasteiger partial charge in [0.15, 0.2) is 0 Å². The van der Waals surface area contributed by atoms with Crippen molar-refractivity contribution in [2.24, 2.45) is 5.10 Å². The summed E-state index contributed by atoms with van der Waals surface area (Å²) in [6.07, 6.45) is -4.27. The average Bonchev–Trinajstić information content (AvgIpc) is 3.28. The molecule has 0 aliphatic heterocycles. The minimum Gasteiger partial charge on any atom is -0.481 e. The van der Waals surface area contributed by atoms with Gasteiger partial charge in [-0.15, -0.1) is 0 Å². The predicted molar refractivity (Wildman–Crippen MR) is 249 cm³/mol. The number of rotatable bonds is 33. The number of carboxylic acids is 6. The van der Waals surface area contributed by atoms with Gasteiger partial charge in [0.25, 0.3) is 11.5 Å². The molecular formula is C43H59N11O18. The van der Waals surface area contributed by atoms with E-state index in [-0.39, 0.29) is 35.2 Å². The van der Waals surface area contributed by atoms with Gasteiger partial charge in [-0.05, 0) is 69.1 Å². The van der Waals surface area contributed by atoms with E-state index in [2.05, 4.69) is 36.3 Å². The number of carbonyl (C=O) groups excluding carboxylic acids is 5. The highest BCUT2D eigenvalue weighted by Crippen LogP contribution is 2.22. The summed E-state index contributed by atoms with van der Waals surface area (Å²) >= 11 is 0. The zero-order valence-electron chi connectivity index (χ0n) is 39.1. The van der Waals surface area contributed by atoms with Gasteiger partial charge >= 0.3 is 35.8 Å². The second kappa shape index (κ2) is 29.4. The first kappa shape index (κ1) is 59.5. The van der Waals surface area contributed by atoms with Gasteiger partial charge in [-0.3, -0.25) is 57.7 Å². The van der Waals surface area contributed by atoms with Crippen LogP contribution in [-0.2, 0) is 54.4 Å². The molecule has 16 N–H and O–H groups in total. The third kappa shape index (κ3) is 21.7. The first-order chi connectivity index (χ1) is 33.8. The van der Waals surface area contributed by atoms with Crippen LogP contribution in [0.15, 0.2) is 34.2 Å². The average molecular weight is 1020 g/mol. The number of carboxylic acid groups (broad SMARTS) is 6. The number of anilines is 2. The van der Waals surface area contributed by atoms with Crippen molar-refractivity contribution in [3.8, 4) is 0 Å². The molecular weight excluding hydrogens is 959 g/mol. The number of nitrogen functional groups attached to an aromatic ring is 2. The number of hydrogen-bond acceptors (Lipinski definition) is 17. The number of carbonyl (C=O) groups is 11. The molecule has 2 aromatic rings. The first-order valence-electron chi connectivity index (χ1n) is 22.1. The van der Waals surface area contributed by atoms with E-state index in [0.29, 0.717) is 18.4 Å². The van der Waals surface area contributed by atoms with Crippen molar-refractivity contribution in [2.45, 2.75) is 120 Å². The van der Waals surface area contributed by atoms with E-state index in [1.165, 1.54) is 12.1 Å². The lowest BCUT2D eigenvalue weighted by Crippen LogP contribution is -2.59. The van der Waals surface area contributed by atoms with Gasteiger partial charge in [-0.25, -0.2) is 4.79 Å². The molecule has 0 fully saturated rings. The molecule has 0 aliphatic rings. The van der Waals surface area contributed by atoms with Crippen LogP contribution in [0, 0.1) is 0 Å². The SMILES string of the molecule is CN(C)N=CC(CCCc1c(N)nc(N)[nH]c1=O)c1ccc(C(=O)N[C@@H](CCC(=O)O)C(=O)N[C@@H](CCC(=O)O)C(=O)N[C@@H](CCC(=O)O)C(=O)N[C@@H](CCC(=O)O)C(=O)N[C@@H](CCC(=O)O)C(=O)O)cc1. The number of H-pyrrole nitrogens is 1. The van der Waals surface area contributed by atoms with Gasteiger partial charge in [0.1, 0.15) is 36.0 Å². The van der Waals surface area contributed by atoms with Crippen molar-refractivity contribution in [1.82, 2.24) is 41.6 Å². The number of aliphatic carboxylic acids is 6. The van der Waals surface area contributed by atoms with Crippen LogP contribution in [-0.4, -0.2) is 161 Å². The lowest BCUT2D eigenvalue weighted by Gasteiger charge is -2.26. The quantitative estimate of drug-likeness (QED) is 0.0272. The standard InChI is InChI=1S/C43H59N11O18/c1-54(2)46-20-23(4-3-5-24-35(44)52-43(45)53-37(24)66)21-6-8-22(9-7-21)36(65)47-25(10-15-30(55)56)38(67)48-26(11-16-31(57)58)39(68)49-27(12-17-32(59)60)40(69)50-28(13-18-33(61)62)41(70)51-29(42(71)72)14-19-34(63)64/h6-9,20,23,25-29H,3-5,10-19H2,1-2H3,(H,47,65)(H,48,67)(H,49,68)(H,50,69)(H,51,70)(H,55,56)(H,57,58)(H,59,60)(H,61,62)(H,63,64)(H,71,72)(H5,44,45,52,53,66)/t23?,25-,26-,27-,28-,29-/m0/s1. The third-order valence-corrected chi connectivity index (χ3v) is 10.5. The van der Waals surface area contributed by atoms with Crippen molar-refractivity contribution >= 4 is 83.3 Å². The van der Waals surface area contributed by atoms with E-state index in [9.17, 15) is 83.1 Å². The maximum atomic E-state index is 13.8. The summed E-state index contributed by atoms with van der Waals surface area (Å²) in [6, 6.07) is -3.10. The molecule has 1 aromatic heterocycles. The Kier molecular flexibility index (Phi) is 24.3. The van der Waals surface area contributed by atoms with Crippen LogP contribution in [0.2, 0.25) is 0 Å². The first-order valence-corrected chi connectivity index (χ1v) is 22.1. The number of hydrazone groups is 1. The normalized spacial score (nSPS) is 13.5. The fourth-order valence-electron chi connectivity index (χ4n) is 6.70. The molecule has 1 heterocycles. The van der Waals surface area contributed by atoms with Crippen LogP contribution < -0.4 is 43.6 Å². The maximum absolute atomic E-state index is 13.8. The van der Waals surface area contributed by atoms with Crippen molar-refractivity contribution in [2.75, 3.05) is 25.6 Å². The summed E-state index contributed by atoms with van der Waals surface area (Å²) in [5.74, 6) is -15.4. The number of benzene rings is 1. The zero-order valence-corrected chi connectivity index (χ0v) is 39.1. The molecule has 394 valence electrons. The minimum atomic E-state index is -1.90. The molecule has 0 aliphatic carbocycles. The summed E-state index contributed by atoms with van der Waals surface area (Å²) in [5.41, 5.74) is 11.9. The van der Waals surface area contributed by atoms with Gasteiger partial charge < -0.3 is 73.7 Å². The predicted octanol–water partition coefficient (Wildman–Crippen LogP) is -1.97. The molecule has 6 atom stereocenters. The Hall–Kier alpha value is -8.66. The fourth-order valence-corrected chi connectivity index (χ4v) is 6.70. The highest BCUT2D eigenvalue weighted by Gasteiger charge is 2.34. The number of aromatic nitrogens is 2. The highest BCUT2D eigenvalue weighted by molar-refractivity contribution is 5.99. The third-order valence-electron chi connectivity index (χ3n) is 10.5. The summed E-state index contributed by atoms with van der Waals surface area (Å²) in [5, 5.41) is 72.8. The zero-order chi connectivity index (χ0) is 54.2. The topological polar surface area (TPSA) is 483 Å². The largest absolute Gasteiger partial charge is 0.481 e. The number of aromatic amines is 1. The molecule has 0 spiro atoms. The molecule has 5 amide bonds. The number of amides is 5. The van der Waals surface area contributed by atoms with Gasteiger partial charge in [-0.1, -0.05) is 12.1 Å². The molecule has 0 saturated heterocycles. The van der Waals surface area contributed by atoms with Crippen LogP contribution in [0.5, 0.6) is 0 Å². The molecule has 29 heteroatoms. The molecule has 0 radical (unpaired) electrons. The molecule has 0 saturated carbocycles. The molecule has 29 nitrogen and oxygen atoms in total. The van der Waals surface area contributed by atoms with E-state index < -0.39 is 165 Å². The van der Waals surface area contributed by atoms with Crippen LogP contribution in [0.25, 0.3) is 0 Å². The van der Waals surface area contributed by atoms with E-state index in [1.807, 2.05) is 5.32 Å². The Bertz CT molecular complexity index is 2390. The molecule has 1 aromatic carbocycles. The summed E-state index contributed by atoms with van der Waals surface area (Å²) in [6.45, 7) is 0. The number of nitrogens with zero attached hydrogens (tertiary/aromatic N) is 3. The van der Waals surface area contributed by atoms with Crippen molar-refractivity contribution < 1.29 is 83.4 Å². The number of nitrogens with two attached hydrogens (primary N) is 2. The van der Waals surface area contributed by atoms with Gasteiger partial charge in [0.05, 0.1) is 5.56 Å². The minimum absolute atomic E-state index is 0.0102. The summed E-state index contributed by atoms with van der Waals surface area (Å²) in [4.78, 5) is 156. The highest BCUT2D eigenvalue weighted by atomic mass is 16.4. The van der Waals surface area contributed by atoms with E-state index in [0.717, 1.165) is 0 Å². The maximum Gasteiger partial charge on any atom is 0.326 e. The second-order valence-electron chi connectivity index (χ2n) is 16.3. The van der Waals surface area contributed by atoms with Crippen LogP contribution in [0.4, 0.5) is 11.8 Å². The van der Waals surface area contributed by atoms with Gasteiger partial charge in [0, 0.05) is 63.9 Å². The van der Waals surface area contributed by atoms with Gasteiger partial charge in [0.2, 0.25) is 29.6 Å². The van der Waals surface area contributed by atoms with Crippen molar-refractivity contribution in [3.05, 3.63) is 51.3 Å². The second-order valence-corrected chi connectivity index (χ2v) is 16.3. The number of nitrogens with one attached hydrogen (secondary N) is 6. The van der Waals surface area contributed by atoms with E-state index >= 15 is 0 Å². The smallest absolute Gasteiger partial charge is 0.326 e. The molecule has 1 unspecified atom stereocenters. The Balaban J connectivity index is 2.38. The Morgan fingerprint density at radius 3 is 1.33 bits per heavy atom. The van der Waals surface area contributed by atoms with E-state index in [4.69, 9.17) is 16.6 Å². The molecule has 72 heavy (non-hydrogen) atoms. The van der Waals surface area contributed by atoms with Crippen LogP contribution >= 0.6 is 0 Å². The van der Waals surface area contributed by atoms with Crippen LogP contribution in [0.1, 0.15) is 104 Å². The van der Waals surface area contributed by atoms with Crippen molar-refractivity contribution in [3.63, 3.8) is 0 Å². The molecule has 0 bridgehead atoms. The Morgan fingerprint density at radius 2 is 0.972 bits per heavy atom. The monoisotopic (exact) mass is 1020 g/mol. The van der Waals surface area contributed by atoms with E-state index in [1.54, 1.807) is 37.5 Å². The summed E-state index contributed by atoms with van der Waals surface area (Å²) < 4.78 is 0. The molecule has 2 rings (SSSR count). The lowest BCUT2D eigenvalue weighted by molar-refractivity contribution is -0.144. The Morgan fingerprint density at radius 1 is 0.597 bits per heavy atom. The lowest BCUT2D eigenvalue weighted by atomic mass is 9.93. The summed E-state index contributed by atoms with van der Waals surface area (Å²) in [7, 11) is 3.40. The fraction of sp³-hybridized carbons (Fsp3) is 0.488. The van der Waals surface area contributed by atoms with Crippen LogP contribution in [0.3, 0.4) is 0 Å². The number of hydrogen-bond donors (Lipinski definition) is 14. The van der Waals surface area contributed by atoms with Gasteiger partial charge in [-0.2, -0.15) is 10.1 Å². The Labute approximate surface area is 409 Å². The van der Waals surface area contributed by atoms with Crippen molar-refractivity contribution in [1.29, 1.82) is 0 Å².